The molecule has 0 saturated carbocycles. The van der Waals surface area contributed by atoms with Gasteiger partial charge in [-0.2, -0.15) is 0 Å². The summed E-state index contributed by atoms with van der Waals surface area (Å²) in [6.45, 7) is 2.70. The fourth-order valence-electron chi connectivity index (χ4n) is 2.49. The molecule has 0 fully saturated rings. The number of ether oxygens (including phenoxy) is 2. The molecule has 2 aromatic rings. The van der Waals surface area contributed by atoms with Gasteiger partial charge in [-0.15, -0.1) is 0 Å². The van der Waals surface area contributed by atoms with Gasteiger partial charge in [0.2, 0.25) is 6.79 Å². The molecule has 0 unspecified atom stereocenters. The van der Waals surface area contributed by atoms with Gasteiger partial charge in [0.15, 0.2) is 11.5 Å². The first kappa shape index (κ1) is 15.3. The Bertz CT molecular complexity index is 669. The van der Waals surface area contributed by atoms with Crippen LogP contribution in [-0.2, 0) is 13.0 Å². The SMILES string of the molecule is C[C@H](Cc1ccco1)NC(=O)N(C)Cc1ccc2c(c1)OCO2. The van der Waals surface area contributed by atoms with E-state index < -0.39 is 0 Å². The van der Waals surface area contributed by atoms with E-state index in [4.69, 9.17) is 13.9 Å². The van der Waals surface area contributed by atoms with E-state index in [1.807, 2.05) is 37.3 Å². The number of nitrogens with zero attached hydrogens (tertiary/aromatic N) is 1. The van der Waals surface area contributed by atoms with E-state index in [1.54, 1.807) is 18.2 Å². The van der Waals surface area contributed by atoms with Crippen molar-refractivity contribution < 1.29 is 18.7 Å². The molecular formula is C17H20N2O4. The van der Waals surface area contributed by atoms with Gasteiger partial charge in [-0.25, -0.2) is 4.79 Å². The van der Waals surface area contributed by atoms with Gasteiger partial charge in [0, 0.05) is 26.1 Å². The molecule has 1 N–H and O–H groups in total. The van der Waals surface area contributed by atoms with Crippen LogP contribution in [0.4, 0.5) is 4.79 Å². The summed E-state index contributed by atoms with van der Waals surface area (Å²) in [4.78, 5) is 13.9. The lowest BCUT2D eigenvalue weighted by molar-refractivity contribution is 0.174. The number of furan rings is 1. The lowest BCUT2D eigenvalue weighted by Gasteiger charge is -2.21. The summed E-state index contributed by atoms with van der Waals surface area (Å²) in [6, 6.07) is 9.31. The summed E-state index contributed by atoms with van der Waals surface area (Å²) in [5.74, 6) is 2.33. The molecular weight excluding hydrogens is 296 g/mol. The highest BCUT2D eigenvalue weighted by molar-refractivity contribution is 5.74. The van der Waals surface area contributed by atoms with Crippen LogP contribution in [0.15, 0.2) is 41.0 Å². The van der Waals surface area contributed by atoms with Crippen LogP contribution in [0.1, 0.15) is 18.2 Å². The van der Waals surface area contributed by atoms with Crippen molar-refractivity contribution in [2.75, 3.05) is 13.8 Å². The van der Waals surface area contributed by atoms with E-state index in [1.165, 1.54) is 0 Å². The van der Waals surface area contributed by atoms with Crippen molar-refractivity contribution in [2.45, 2.75) is 25.9 Å². The minimum atomic E-state index is -0.123. The molecule has 3 rings (SSSR count). The predicted molar refractivity (Wildman–Crippen MR) is 84.4 cm³/mol. The number of carbonyl (C=O) groups excluding carboxylic acids is 1. The largest absolute Gasteiger partial charge is 0.469 e. The van der Waals surface area contributed by atoms with Gasteiger partial charge in [-0.3, -0.25) is 0 Å². The van der Waals surface area contributed by atoms with Gasteiger partial charge in [0.1, 0.15) is 5.76 Å². The zero-order valence-corrected chi connectivity index (χ0v) is 13.2. The second-order valence-electron chi connectivity index (χ2n) is 5.68. The number of carbonyl (C=O) groups is 1. The molecule has 1 aromatic carbocycles. The second kappa shape index (κ2) is 6.64. The van der Waals surface area contributed by atoms with Crippen LogP contribution in [0.3, 0.4) is 0 Å². The fraction of sp³-hybridized carbons (Fsp3) is 0.353. The Balaban J connectivity index is 1.53. The average Bonchev–Trinajstić information content (AvgIpc) is 3.17. The van der Waals surface area contributed by atoms with Crippen LogP contribution in [0.25, 0.3) is 0 Å². The highest BCUT2D eigenvalue weighted by Crippen LogP contribution is 2.32. The molecule has 1 atom stereocenters. The lowest BCUT2D eigenvalue weighted by atomic mass is 10.2. The summed E-state index contributed by atoms with van der Waals surface area (Å²) >= 11 is 0. The molecule has 1 aromatic heterocycles. The number of amides is 2. The van der Waals surface area contributed by atoms with Crippen molar-refractivity contribution in [3.05, 3.63) is 47.9 Å². The third-order valence-corrected chi connectivity index (χ3v) is 3.66. The monoisotopic (exact) mass is 316 g/mol. The van der Waals surface area contributed by atoms with E-state index in [9.17, 15) is 4.79 Å². The summed E-state index contributed by atoms with van der Waals surface area (Å²) in [6.07, 6.45) is 2.30. The Morgan fingerprint density at radius 2 is 2.13 bits per heavy atom. The average molecular weight is 316 g/mol. The Morgan fingerprint density at radius 1 is 1.30 bits per heavy atom. The van der Waals surface area contributed by atoms with Gasteiger partial charge < -0.3 is 24.1 Å². The van der Waals surface area contributed by atoms with Crippen molar-refractivity contribution in [3.63, 3.8) is 0 Å². The van der Waals surface area contributed by atoms with Gasteiger partial charge in [0.05, 0.1) is 6.26 Å². The molecule has 0 bridgehead atoms. The Morgan fingerprint density at radius 3 is 2.91 bits per heavy atom. The summed E-state index contributed by atoms with van der Waals surface area (Å²) in [5, 5.41) is 2.96. The van der Waals surface area contributed by atoms with E-state index in [-0.39, 0.29) is 18.9 Å². The minimum Gasteiger partial charge on any atom is -0.469 e. The Hall–Kier alpha value is -2.63. The van der Waals surface area contributed by atoms with Gasteiger partial charge >= 0.3 is 6.03 Å². The van der Waals surface area contributed by atoms with Gasteiger partial charge in [-0.1, -0.05) is 6.07 Å². The van der Waals surface area contributed by atoms with E-state index >= 15 is 0 Å². The molecule has 0 saturated heterocycles. The number of urea groups is 1. The van der Waals surface area contributed by atoms with Crippen molar-refractivity contribution in [2.24, 2.45) is 0 Å². The van der Waals surface area contributed by atoms with Crippen molar-refractivity contribution in [1.82, 2.24) is 10.2 Å². The number of fused-ring (bicyclic) bond motifs is 1. The first-order chi connectivity index (χ1) is 11.1. The topological polar surface area (TPSA) is 63.9 Å². The van der Waals surface area contributed by atoms with Crippen LogP contribution < -0.4 is 14.8 Å². The molecule has 23 heavy (non-hydrogen) atoms. The number of benzene rings is 1. The van der Waals surface area contributed by atoms with Crippen LogP contribution in [-0.4, -0.2) is 30.8 Å². The molecule has 1 aliphatic rings. The third-order valence-electron chi connectivity index (χ3n) is 3.66. The summed E-state index contributed by atoms with van der Waals surface area (Å²) < 4.78 is 15.9. The molecule has 6 nitrogen and oxygen atoms in total. The quantitative estimate of drug-likeness (QED) is 0.921. The van der Waals surface area contributed by atoms with Crippen molar-refractivity contribution in [3.8, 4) is 11.5 Å². The maximum atomic E-state index is 12.2. The highest BCUT2D eigenvalue weighted by atomic mass is 16.7. The zero-order valence-electron chi connectivity index (χ0n) is 13.2. The standard InChI is InChI=1S/C17H20N2O4/c1-12(8-14-4-3-7-21-14)18-17(20)19(2)10-13-5-6-15-16(9-13)23-11-22-15/h3-7,9,12H,8,10-11H2,1-2H3,(H,18,20)/t12-/m1/s1. The molecule has 2 amide bonds. The van der Waals surface area contributed by atoms with Crippen molar-refractivity contribution in [1.29, 1.82) is 0 Å². The van der Waals surface area contributed by atoms with Crippen LogP contribution in [0.5, 0.6) is 11.5 Å². The van der Waals surface area contributed by atoms with Gasteiger partial charge in [0.25, 0.3) is 0 Å². The minimum absolute atomic E-state index is 0.00662. The highest BCUT2D eigenvalue weighted by Gasteiger charge is 2.16. The van der Waals surface area contributed by atoms with Crippen LogP contribution in [0, 0.1) is 0 Å². The van der Waals surface area contributed by atoms with E-state index in [0.29, 0.717) is 13.0 Å². The maximum Gasteiger partial charge on any atom is 0.317 e. The van der Waals surface area contributed by atoms with Gasteiger partial charge in [-0.05, 0) is 36.8 Å². The molecule has 122 valence electrons. The van der Waals surface area contributed by atoms with Crippen molar-refractivity contribution >= 4 is 6.03 Å². The molecule has 1 aliphatic heterocycles. The smallest absolute Gasteiger partial charge is 0.317 e. The normalized spacial score (nSPS) is 13.7. The number of hydrogen-bond acceptors (Lipinski definition) is 4. The number of nitrogens with one attached hydrogen (secondary N) is 1. The Kier molecular flexibility index (Phi) is 4.41. The lowest BCUT2D eigenvalue weighted by Crippen LogP contribution is -2.42. The zero-order chi connectivity index (χ0) is 16.2. The first-order valence-electron chi connectivity index (χ1n) is 7.54. The molecule has 6 heteroatoms. The number of hydrogen-bond donors (Lipinski definition) is 1. The molecule has 0 radical (unpaired) electrons. The molecule has 0 spiro atoms. The first-order valence-corrected chi connectivity index (χ1v) is 7.54. The Labute approximate surface area is 135 Å². The van der Waals surface area contributed by atoms with E-state index in [2.05, 4.69) is 5.32 Å². The number of rotatable bonds is 5. The third kappa shape index (κ3) is 3.77. The molecule has 0 aliphatic carbocycles. The maximum absolute atomic E-state index is 12.2. The second-order valence-corrected chi connectivity index (χ2v) is 5.68. The predicted octanol–water partition coefficient (Wildman–Crippen LogP) is 2.78. The van der Waals surface area contributed by atoms with E-state index in [0.717, 1.165) is 22.8 Å². The van der Waals surface area contributed by atoms with Crippen LogP contribution >= 0.6 is 0 Å². The summed E-state index contributed by atoms with van der Waals surface area (Å²) in [7, 11) is 1.76. The fourth-order valence-corrected chi connectivity index (χ4v) is 2.49. The van der Waals surface area contributed by atoms with Crippen LogP contribution in [0.2, 0.25) is 0 Å². The molecule has 2 heterocycles. The summed E-state index contributed by atoms with van der Waals surface area (Å²) in [5.41, 5.74) is 0.991.